The molecule has 0 radical (unpaired) electrons. The van der Waals surface area contributed by atoms with Crippen LogP contribution in [0.4, 0.5) is 8.92 Å². The second kappa shape index (κ2) is 5.75. The van der Waals surface area contributed by atoms with Gasteiger partial charge in [0, 0.05) is 19.1 Å². The molecular weight excluding hydrogens is 200 g/mol. The minimum absolute atomic E-state index is 0.397. The Morgan fingerprint density at radius 3 is 2.20 bits per heavy atom. The van der Waals surface area contributed by atoms with E-state index in [-0.39, 0.29) is 0 Å². The van der Waals surface area contributed by atoms with E-state index in [2.05, 4.69) is 9.84 Å². The maximum atomic E-state index is 13.6. The normalized spacial score (nSPS) is 25.6. The fourth-order valence-corrected chi connectivity index (χ4v) is 1.97. The van der Waals surface area contributed by atoms with E-state index in [1.54, 1.807) is 0 Å². The summed E-state index contributed by atoms with van der Waals surface area (Å²) in [5.74, 6) is 0. The highest BCUT2D eigenvalue weighted by atomic mass is 19.3. The van der Waals surface area contributed by atoms with Gasteiger partial charge in [0.05, 0.1) is 0 Å². The lowest BCUT2D eigenvalue weighted by Crippen LogP contribution is -2.44. The zero-order valence-electron chi connectivity index (χ0n) is 9.64. The third kappa shape index (κ3) is 3.68. The van der Waals surface area contributed by atoms with E-state index >= 15 is 0 Å². The molecule has 1 saturated heterocycles. The monoisotopic (exact) mass is 221 g/mol. The van der Waals surface area contributed by atoms with Gasteiger partial charge in [0.1, 0.15) is 12.3 Å². The highest BCUT2D eigenvalue weighted by Gasteiger charge is 2.39. The first-order valence-electron chi connectivity index (χ1n) is 5.90. The van der Waals surface area contributed by atoms with Crippen molar-refractivity contribution in [1.82, 2.24) is 4.90 Å². The lowest BCUT2D eigenvalue weighted by molar-refractivity contribution is -0.175. The van der Waals surface area contributed by atoms with Gasteiger partial charge in [-0.1, -0.05) is 13.8 Å². The van der Waals surface area contributed by atoms with Crippen molar-refractivity contribution >= 4 is 0 Å². The first kappa shape index (κ1) is 12.8. The molecule has 0 aromatic rings. The van der Waals surface area contributed by atoms with Crippen molar-refractivity contribution in [1.29, 1.82) is 0 Å². The topological polar surface area (TPSA) is 12.5 Å². The lowest BCUT2D eigenvalue weighted by atomic mass is 9.94. The summed E-state index contributed by atoms with van der Waals surface area (Å²) in [6.07, 6.45) is 3.32. The molecule has 0 bridgehead atoms. The molecule has 0 aromatic heterocycles. The van der Waals surface area contributed by atoms with Gasteiger partial charge in [-0.3, -0.25) is 0 Å². The van der Waals surface area contributed by atoms with Gasteiger partial charge >= 0.3 is 0 Å². The van der Waals surface area contributed by atoms with Crippen LogP contribution in [-0.2, 0) is 4.94 Å². The van der Waals surface area contributed by atoms with Gasteiger partial charge in [0.25, 0.3) is 0 Å². The molecule has 2 nitrogen and oxygen atoms in total. The largest absolute Gasteiger partial charge is 0.300 e. The summed E-state index contributed by atoms with van der Waals surface area (Å²) in [4.78, 5) is 5.70. The molecule has 2 aliphatic rings. The predicted molar refractivity (Wildman–Crippen MR) is 56.1 cm³/mol. The Hall–Kier alpha value is -0.220. The van der Waals surface area contributed by atoms with Crippen LogP contribution < -0.4 is 0 Å². The maximum Gasteiger partial charge on any atom is 0.140 e. The van der Waals surface area contributed by atoms with Crippen LogP contribution in [0.5, 0.6) is 0 Å². The smallest absolute Gasteiger partial charge is 0.140 e. The van der Waals surface area contributed by atoms with Gasteiger partial charge in [-0.15, -0.1) is 0 Å². The quantitative estimate of drug-likeness (QED) is 0.726. The fourth-order valence-electron chi connectivity index (χ4n) is 1.97. The predicted octanol–water partition coefficient (Wildman–Crippen LogP) is 2.88. The number of nitrogens with zero attached hydrogens (tertiary/aromatic N) is 1. The number of halogens is 2. The van der Waals surface area contributed by atoms with Gasteiger partial charge in [0.15, 0.2) is 0 Å². The number of hydrogen-bond donors (Lipinski definition) is 0. The second-order valence-electron chi connectivity index (χ2n) is 4.17. The average molecular weight is 221 g/mol. The molecule has 0 atom stereocenters. The SMILES string of the molecule is CC.FOCC1(F)CCN(C2CC2)CC1. The van der Waals surface area contributed by atoms with Gasteiger partial charge in [0.2, 0.25) is 0 Å². The van der Waals surface area contributed by atoms with Crippen molar-refractivity contribution in [2.24, 2.45) is 0 Å². The minimum atomic E-state index is -1.42. The molecule has 0 amide bonds. The summed E-state index contributed by atoms with van der Waals surface area (Å²) in [6.45, 7) is 5.11. The van der Waals surface area contributed by atoms with Crippen molar-refractivity contribution in [3.8, 4) is 0 Å². The van der Waals surface area contributed by atoms with Crippen LogP contribution in [-0.4, -0.2) is 36.3 Å². The van der Waals surface area contributed by atoms with E-state index in [4.69, 9.17) is 0 Å². The summed E-state index contributed by atoms with van der Waals surface area (Å²) in [5, 5.41) is 0. The van der Waals surface area contributed by atoms with Crippen LogP contribution in [0.1, 0.15) is 39.5 Å². The molecule has 0 aromatic carbocycles. The Labute approximate surface area is 90.5 Å². The Balaban J connectivity index is 0.000000531. The van der Waals surface area contributed by atoms with Gasteiger partial charge < -0.3 is 4.90 Å². The molecule has 0 N–H and O–H groups in total. The molecule has 1 aliphatic carbocycles. The number of hydrogen-bond acceptors (Lipinski definition) is 2. The van der Waals surface area contributed by atoms with Crippen molar-refractivity contribution in [3.63, 3.8) is 0 Å². The number of rotatable bonds is 3. The molecule has 90 valence electrons. The molecule has 1 saturated carbocycles. The molecule has 0 unspecified atom stereocenters. The Kier molecular flexibility index (Phi) is 4.93. The van der Waals surface area contributed by atoms with Gasteiger partial charge in [-0.25, -0.2) is 4.39 Å². The first-order chi connectivity index (χ1) is 7.23. The third-order valence-electron chi connectivity index (χ3n) is 3.07. The molecular formula is C11H21F2NO. The molecule has 0 spiro atoms. The Bertz CT molecular complexity index is 177. The fraction of sp³-hybridized carbons (Fsp3) is 1.00. The van der Waals surface area contributed by atoms with E-state index in [1.807, 2.05) is 13.8 Å². The van der Waals surface area contributed by atoms with Crippen LogP contribution in [0.2, 0.25) is 0 Å². The molecule has 15 heavy (non-hydrogen) atoms. The molecule has 1 aliphatic heterocycles. The second-order valence-corrected chi connectivity index (χ2v) is 4.17. The summed E-state index contributed by atoms with van der Waals surface area (Å²) < 4.78 is 25.2. The summed E-state index contributed by atoms with van der Waals surface area (Å²) in [5.41, 5.74) is -1.42. The Morgan fingerprint density at radius 2 is 1.80 bits per heavy atom. The third-order valence-corrected chi connectivity index (χ3v) is 3.07. The average Bonchev–Trinajstić information content (AvgIpc) is 3.06. The maximum absolute atomic E-state index is 13.6. The zero-order chi connectivity index (χ0) is 11.3. The van der Waals surface area contributed by atoms with Crippen LogP contribution in [0, 0.1) is 0 Å². The van der Waals surface area contributed by atoms with Crippen LogP contribution in [0.3, 0.4) is 0 Å². The highest BCUT2D eigenvalue weighted by molar-refractivity contribution is 4.92. The van der Waals surface area contributed by atoms with Crippen LogP contribution >= 0.6 is 0 Å². The lowest BCUT2D eigenvalue weighted by Gasteiger charge is -2.35. The molecule has 2 rings (SSSR count). The number of piperidine rings is 1. The van der Waals surface area contributed by atoms with Crippen LogP contribution in [0.15, 0.2) is 0 Å². The highest BCUT2D eigenvalue weighted by Crippen LogP contribution is 2.34. The standard InChI is InChI=1S/C9H15F2NO.C2H6/c10-9(7-13-11)3-5-12(6-4-9)8-1-2-8;1-2/h8H,1-7H2;1-2H3. The van der Waals surface area contributed by atoms with Crippen molar-refractivity contribution in [3.05, 3.63) is 0 Å². The summed E-state index contributed by atoms with van der Waals surface area (Å²) in [7, 11) is 0. The van der Waals surface area contributed by atoms with Crippen molar-refractivity contribution in [2.45, 2.75) is 51.2 Å². The van der Waals surface area contributed by atoms with E-state index in [9.17, 15) is 8.92 Å². The molecule has 2 fully saturated rings. The number of likely N-dealkylation sites (tertiary alicyclic amines) is 1. The summed E-state index contributed by atoms with van der Waals surface area (Å²) >= 11 is 0. The Morgan fingerprint density at radius 1 is 1.27 bits per heavy atom. The van der Waals surface area contributed by atoms with Crippen molar-refractivity contribution in [2.75, 3.05) is 19.7 Å². The van der Waals surface area contributed by atoms with E-state index in [0.717, 1.165) is 13.1 Å². The first-order valence-corrected chi connectivity index (χ1v) is 5.90. The zero-order valence-corrected chi connectivity index (χ0v) is 9.64. The van der Waals surface area contributed by atoms with Crippen molar-refractivity contribution < 1.29 is 13.9 Å². The van der Waals surface area contributed by atoms with Gasteiger partial charge in [-0.2, -0.15) is 4.94 Å². The number of alkyl halides is 1. The molecule has 1 heterocycles. The van der Waals surface area contributed by atoms with E-state index in [1.165, 1.54) is 12.8 Å². The summed E-state index contributed by atoms with van der Waals surface area (Å²) in [6, 6.07) is 0.691. The van der Waals surface area contributed by atoms with Crippen LogP contribution in [0.25, 0.3) is 0 Å². The van der Waals surface area contributed by atoms with E-state index < -0.39 is 12.3 Å². The minimum Gasteiger partial charge on any atom is -0.300 e. The van der Waals surface area contributed by atoms with E-state index in [0.29, 0.717) is 18.9 Å². The molecule has 4 heteroatoms. The van der Waals surface area contributed by atoms with Gasteiger partial charge in [-0.05, 0) is 30.2 Å².